The van der Waals surface area contributed by atoms with E-state index in [-0.39, 0.29) is 0 Å². The molecule has 0 saturated carbocycles. The number of hydrogen-bond acceptors (Lipinski definition) is 2. The number of fused-ring (bicyclic) bond motifs is 5. The van der Waals surface area contributed by atoms with E-state index >= 15 is 0 Å². The molecule has 1 heterocycles. The highest BCUT2D eigenvalue weighted by Gasteiger charge is 2.17. The summed E-state index contributed by atoms with van der Waals surface area (Å²) >= 11 is 1.89. The molecule has 1 nitrogen and oxygen atoms in total. The average molecular weight is 782 g/mol. The van der Waals surface area contributed by atoms with Gasteiger partial charge in [-0.3, -0.25) is 0 Å². The highest BCUT2D eigenvalue weighted by Crippen LogP contribution is 2.44. The van der Waals surface area contributed by atoms with Crippen molar-refractivity contribution in [3.8, 4) is 55.6 Å². The van der Waals surface area contributed by atoms with Gasteiger partial charge in [0.05, 0.1) is 0 Å². The molecule has 282 valence electrons. The van der Waals surface area contributed by atoms with Crippen molar-refractivity contribution in [2.24, 2.45) is 0 Å². The van der Waals surface area contributed by atoms with Crippen LogP contribution >= 0.6 is 11.3 Å². The van der Waals surface area contributed by atoms with Crippen molar-refractivity contribution >= 4 is 59.3 Å². The highest BCUT2D eigenvalue weighted by atomic mass is 32.1. The number of rotatable bonds is 8. The number of benzene rings is 10. The summed E-state index contributed by atoms with van der Waals surface area (Å²) in [4.78, 5) is 2.38. The van der Waals surface area contributed by atoms with E-state index in [1.54, 1.807) is 0 Å². The fourth-order valence-corrected chi connectivity index (χ4v) is 9.90. The first-order chi connectivity index (χ1) is 29.7. The number of thiophene rings is 1. The van der Waals surface area contributed by atoms with Gasteiger partial charge in [-0.1, -0.05) is 194 Å². The Kier molecular flexibility index (Phi) is 9.11. The van der Waals surface area contributed by atoms with Gasteiger partial charge in [0.1, 0.15) is 0 Å². The SMILES string of the molecule is c1ccc(-c2ccc(-c3ccc(N(c4ccc(-c5cccc6ccc7c8ccccc8sc7c56)cc4)c4cccc(-c5ccc(-c6ccccc6)cc5)c4)cc3)cc2)cc1. The summed E-state index contributed by atoms with van der Waals surface area (Å²) in [6.45, 7) is 0. The maximum atomic E-state index is 2.38. The van der Waals surface area contributed by atoms with Crippen molar-refractivity contribution in [3.05, 3.63) is 237 Å². The molecule has 2 heteroatoms. The third-order valence-electron chi connectivity index (χ3n) is 11.7. The summed E-state index contributed by atoms with van der Waals surface area (Å²) in [6.07, 6.45) is 0. The predicted molar refractivity (Wildman–Crippen MR) is 259 cm³/mol. The minimum Gasteiger partial charge on any atom is -0.310 e. The first kappa shape index (κ1) is 35.6. The van der Waals surface area contributed by atoms with Crippen LogP contribution in [0.1, 0.15) is 0 Å². The van der Waals surface area contributed by atoms with Gasteiger partial charge in [0, 0.05) is 42.6 Å². The van der Waals surface area contributed by atoms with E-state index in [1.807, 2.05) is 11.3 Å². The lowest BCUT2D eigenvalue weighted by atomic mass is 9.96. The van der Waals surface area contributed by atoms with E-state index in [4.69, 9.17) is 0 Å². The summed E-state index contributed by atoms with van der Waals surface area (Å²) in [5, 5.41) is 5.23. The Morgan fingerprint density at radius 3 is 1.35 bits per heavy atom. The molecule has 11 aromatic rings. The van der Waals surface area contributed by atoms with E-state index in [0.29, 0.717) is 0 Å². The maximum absolute atomic E-state index is 2.38. The van der Waals surface area contributed by atoms with Gasteiger partial charge in [-0.25, -0.2) is 0 Å². The third-order valence-corrected chi connectivity index (χ3v) is 12.9. The Hall–Kier alpha value is -7.52. The van der Waals surface area contributed by atoms with Gasteiger partial charge in [-0.2, -0.15) is 0 Å². The summed E-state index contributed by atoms with van der Waals surface area (Å²) < 4.78 is 2.67. The minimum atomic E-state index is 1.10. The van der Waals surface area contributed by atoms with Crippen LogP contribution in [0.5, 0.6) is 0 Å². The second kappa shape index (κ2) is 15.3. The quantitative estimate of drug-likeness (QED) is 0.148. The van der Waals surface area contributed by atoms with E-state index in [9.17, 15) is 0 Å². The normalized spacial score (nSPS) is 11.3. The fraction of sp³-hybridized carbons (Fsp3) is 0. The molecule has 0 fully saturated rings. The monoisotopic (exact) mass is 781 g/mol. The molecule has 0 unspecified atom stereocenters. The van der Waals surface area contributed by atoms with Crippen LogP contribution in [0, 0.1) is 0 Å². The second-order valence-corrected chi connectivity index (χ2v) is 16.4. The van der Waals surface area contributed by atoms with Crippen LogP contribution in [-0.4, -0.2) is 0 Å². The van der Waals surface area contributed by atoms with Gasteiger partial charge in [0.2, 0.25) is 0 Å². The van der Waals surface area contributed by atoms with Crippen molar-refractivity contribution in [3.63, 3.8) is 0 Å². The molecule has 60 heavy (non-hydrogen) atoms. The van der Waals surface area contributed by atoms with E-state index in [1.165, 1.54) is 86.6 Å². The Labute approximate surface area is 354 Å². The topological polar surface area (TPSA) is 3.24 Å². The zero-order valence-electron chi connectivity index (χ0n) is 32.9. The van der Waals surface area contributed by atoms with Gasteiger partial charge >= 0.3 is 0 Å². The molecule has 11 rings (SSSR count). The van der Waals surface area contributed by atoms with Crippen LogP contribution in [-0.2, 0) is 0 Å². The Bertz CT molecular complexity index is 3260. The smallest absolute Gasteiger partial charge is 0.0467 e. The van der Waals surface area contributed by atoms with Gasteiger partial charge in [-0.15, -0.1) is 11.3 Å². The second-order valence-electron chi connectivity index (χ2n) is 15.3. The molecule has 0 saturated heterocycles. The van der Waals surface area contributed by atoms with Gasteiger partial charge < -0.3 is 4.90 Å². The first-order valence-electron chi connectivity index (χ1n) is 20.5. The van der Waals surface area contributed by atoms with Gasteiger partial charge in [0.25, 0.3) is 0 Å². The summed E-state index contributed by atoms with van der Waals surface area (Å²) in [7, 11) is 0. The molecule has 0 atom stereocenters. The molecular formula is C58H39NS. The van der Waals surface area contributed by atoms with Crippen LogP contribution in [0.2, 0.25) is 0 Å². The summed E-state index contributed by atoms with van der Waals surface area (Å²) in [5.74, 6) is 0. The average Bonchev–Trinajstić information content (AvgIpc) is 3.72. The van der Waals surface area contributed by atoms with Crippen molar-refractivity contribution in [1.82, 2.24) is 0 Å². The van der Waals surface area contributed by atoms with Crippen LogP contribution in [0.15, 0.2) is 237 Å². The third kappa shape index (κ3) is 6.63. The maximum Gasteiger partial charge on any atom is 0.0467 e. The first-order valence-corrected chi connectivity index (χ1v) is 21.3. The van der Waals surface area contributed by atoms with Crippen molar-refractivity contribution < 1.29 is 0 Å². The Balaban J connectivity index is 0.979. The zero-order chi connectivity index (χ0) is 39.8. The number of nitrogens with zero attached hydrogens (tertiary/aromatic N) is 1. The molecule has 0 aliphatic carbocycles. The van der Waals surface area contributed by atoms with E-state index < -0.39 is 0 Å². The van der Waals surface area contributed by atoms with E-state index in [0.717, 1.165) is 17.1 Å². The van der Waals surface area contributed by atoms with Crippen molar-refractivity contribution in [2.45, 2.75) is 0 Å². The van der Waals surface area contributed by atoms with Crippen LogP contribution in [0.25, 0.3) is 86.6 Å². The fourth-order valence-electron chi connectivity index (χ4n) is 8.63. The number of anilines is 3. The molecule has 0 bridgehead atoms. The molecule has 0 aliphatic heterocycles. The lowest BCUT2D eigenvalue weighted by molar-refractivity contribution is 1.28. The summed E-state index contributed by atoms with van der Waals surface area (Å²) in [6, 6.07) is 86.0. The number of hydrogen-bond donors (Lipinski definition) is 0. The van der Waals surface area contributed by atoms with Crippen LogP contribution < -0.4 is 4.90 Å². The Morgan fingerprint density at radius 2 is 0.750 bits per heavy atom. The molecule has 0 amide bonds. The zero-order valence-corrected chi connectivity index (χ0v) is 33.7. The molecule has 10 aromatic carbocycles. The molecule has 0 aliphatic rings. The van der Waals surface area contributed by atoms with Crippen LogP contribution in [0.3, 0.4) is 0 Å². The predicted octanol–water partition coefficient (Wildman–Crippen LogP) is 17.0. The van der Waals surface area contributed by atoms with Crippen molar-refractivity contribution in [1.29, 1.82) is 0 Å². The van der Waals surface area contributed by atoms with E-state index in [2.05, 4.69) is 241 Å². The molecule has 1 aromatic heterocycles. The largest absolute Gasteiger partial charge is 0.310 e. The lowest BCUT2D eigenvalue weighted by Crippen LogP contribution is -2.10. The highest BCUT2D eigenvalue weighted by molar-refractivity contribution is 7.26. The van der Waals surface area contributed by atoms with Gasteiger partial charge in [-0.05, 0) is 103 Å². The van der Waals surface area contributed by atoms with Crippen molar-refractivity contribution in [2.75, 3.05) is 4.90 Å². The standard InChI is InChI=1S/C58H39NS/c1-3-11-40(12-4-1)42-21-23-44(24-22-42)45-29-34-50(35-30-45)59(52-17-9-16-49(39-52)46-27-25-43(26-28-46)41-13-5-2-6-14-41)51-36-31-47(32-37-51)53-19-10-15-48-33-38-55-54-18-7-8-20-56(54)60-58(55)57(48)53/h1-39H. The molecule has 0 N–H and O–H groups in total. The van der Waals surface area contributed by atoms with Crippen LogP contribution in [0.4, 0.5) is 17.1 Å². The molecule has 0 spiro atoms. The Morgan fingerprint density at radius 1 is 0.283 bits per heavy atom. The lowest BCUT2D eigenvalue weighted by Gasteiger charge is -2.26. The molecular weight excluding hydrogens is 743 g/mol. The van der Waals surface area contributed by atoms with Gasteiger partial charge in [0.15, 0.2) is 0 Å². The summed E-state index contributed by atoms with van der Waals surface area (Å²) in [5.41, 5.74) is 15.4. The minimum absolute atomic E-state index is 1.10. The molecule has 0 radical (unpaired) electrons.